The summed E-state index contributed by atoms with van der Waals surface area (Å²) in [6.45, 7) is 16.9. The monoisotopic (exact) mass is 288 g/mol. The van der Waals surface area contributed by atoms with E-state index in [4.69, 9.17) is 9.47 Å². The van der Waals surface area contributed by atoms with E-state index in [0.29, 0.717) is 0 Å². The van der Waals surface area contributed by atoms with Crippen LogP contribution >= 0.6 is 0 Å². The van der Waals surface area contributed by atoms with Gasteiger partial charge in [0.1, 0.15) is 0 Å². The van der Waals surface area contributed by atoms with Gasteiger partial charge in [0, 0.05) is 45.9 Å². The SMILES string of the molecule is CCC(C)(CNC(C)(C)C)CN(CCOC)CCOC. The molecule has 0 saturated carbocycles. The molecule has 122 valence electrons. The van der Waals surface area contributed by atoms with Crippen LogP contribution in [0.3, 0.4) is 0 Å². The molecule has 1 N–H and O–H groups in total. The van der Waals surface area contributed by atoms with Gasteiger partial charge in [0.05, 0.1) is 13.2 Å². The highest BCUT2D eigenvalue weighted by Crippen LogP contribution is 2.22. The minimum Gasteiger partial charge on any atom is -0.383 e. The molecule has 0 fully saturated rings. The predicted molar refractivity (Wildman–Crippen MR) is 86.3 cm³/mol. The first-order valence-corrected chi connectivity index (χ1v) is 7.71. The van der Waals surface area contributed by atoms with Crippen LogP contribution in [0.15, 0.2) is 0 Å². The van der Waals surface area contributed by atoms with Crippen LogP contribution in [0, 0.1) is 5.41 Å². The topological polar surface area (TPSA) is 33.7 Å². The van der Waals surface area contributed by atoms with Crippen molar-refractivity contribution in [2.24, 2.45) is 5.41 Å². The fourth-order valence-electron chi connectivity index (χ4n) is 2.02. The smallest absolute Gasteiger partial charge is 0.0589 e. The Kier molecular flexibility index (Phi) is 9.64. The van der Waals surface area contributed by atoms with Gasteiger partial charge in [0.2, 0.25) is 0 Å². The van der Waals surface area contributed by atoms with Crippen LogP contribution in [-0.4, -0.2) is 64.1 Å². The molecule has 0 amide bonds. The van der Waals surface area contributed by atoms with Crippen molar-refractivity contribution < 1.29 is 9.47 Å². The molecule has 1 atom stereocenters. The Morgan fingerprint density at radius 3 is 1.80 bits per heavy atom. The predicted octanol–water partition coefficient (Wildman–Crippen LogP) is 2.39. The van der Waals surface area contributed by atoms with Crippen molar-refractivity contribution in [3.8, 4) is 0 Å². The molecule has 0 radical (unpaired) electrons. The fourth-order valence-corrected chi connectivity index (χ4v) is 2.02. The van der Waals surface area contributed by atoms with Crippen molar-refractivity contribution in [3.05, 3.63) is 0 Å². The van der Waals surface area contributed by atoms with Crippen LogP contribution < -0.4 is 5.32 Å². The van der Waals surface area contributed by atoms with Gasteiger partial charge >= 0.3 is 0 Å². The molecule has 0 aliphatic carbocycles. The number of ether oxygens (including phenoxy) is 2. The van der Waals surface area contributed by atoms with Crippen molar-refractivity contribution in [2.75, 3.05) is 53.6 Å². The molecule has 0 bridgehead atoms. The summed E-state index contributed by atoms with van der Waals surface area (Å²) in [6.07, 6.45) is 1.16. The first-order valence-electron chi connectivity index (χ1n) is 7.71. The summed E-state index contributed by atoms with van der Waals surface area (Å²) in [5.41, 5.74) is 0.440. The van der Waals surface area contributed by atoms with Crippen molar-refractivity contribution in [1.82, 2.24) is 10.2 Å². The Morgan fingerprint density at radius 1 is 0.950 bits per heavy atom. The van der Waals surface area contributed by atoms with E-state index in [9.17, 15) is 0 Å². The number of rotatable bonds is 11. The van der Waals surface area contributed by atoms with E-state index in [0.717, 1.165) is 45.8 Å². The van der Waals surface area contributed by atoms with Crippen molar-refractivity contribution in [2.45, 2.75) is 46.6 Å². The molecule has 1 unspecified atom stereocenters. The van der Waals surface area contributed by atoms with Crippen LogP contribution in [-0.2, 0) is 9.47 Å². The van der Waals surface area contributed by atoms with Crippen LogP contribution in [0.1, 0.15) is 41.0 Å². The first kappa shape index (κ1) is 19.8. The summed E-state index contributed by atoms with van der Waals surface area (Å²) in [7, 11) is 3.52. The van der Waals surface area contributed by atoms with E-state index in [1.165, 1.54) is 0 Å². The molecule has 0 aromatic carbocycles. The zero-order valence-electron chi connectivity index (χ0n) is 14.7. The van der Waals surface area contributed by atoms with Crippen LogP contribution in [0.4, 0.5) is 0 Å². The second-order valence-electron chi connectivity index (χ2n) is 7.03. The summed E-state index contributed by atoms with van der Waals surface area (Å²) in [5, 5.41) is 3.64. The molecule has 0 saturated heterocycles. The summed E-state index contributed by atoms with van der Waals surface area (Å²) >= 11 is 0. The van der Waals surface area contributed by atoms with Crippen LogP contribution in [0.5, 0.6) is 0 Å². The molecule has 0 aliphatic rings. The van der Waals surface area contributed by atoms with E-state index in [-0.39, 0.29) is 11.0 Å². The summed E-state index contributed by atoms with van der Waals surface area (Å²) in [4.78, 5) is 2.45. The third-order valence-electron chi connectivity index (χ3n) is 3.73. The molecule has 0 spiro atoms. The van der Waals surface area contributed by atoms with Crippen molar-refractivity contribution in [1.29, 1.82) is 0 Å². The lowest BCUT2D eigenvalue weighted by Crippen LogP contribution is -2.48. The second-order valence-corrected chi connectivity index (χ2v) is 7.03. The maximum Gasteiger partial charge on any atom is 0.0589 e. The van der Waals surface area contributed by atoms with Gasteiger partial charge < -0.3 is 14.8 Å². The van der Waals surface area contributed by atoms with Crippen LogP contribution in [0.25, 0.3) is 0 Å². The molecule has 0 aromatic heterocycles. The quantitative estimate of drug-likeness (QED) is 0.633. The highest BCUT2D eigenvalue weighted by atomic mass is 16.5. The molecular formula is C16H36N2O2. The highest BCUT2D eigenvalue weighted by molar-refractivity contribution is 4.83. The van der Waals surface area contributed by atoms with E-state index in [2.05, 4.69) is 44.8 Å². The molecule has 0 aliphatic heterocycles. The zero-order valence-corrected chi connectivity index (χ0v) is 14.7. The van der Waals surface area contributed by atoms with E-state index in [1.54, 1.807) is 14.2 Å². The standard InChI is InChI=1S/C16H36N2O2/c1-8-16(5,13-17-15(2,3)4)14-18(9-11-19-6)10-12-20-7/h17H,8-14H2,1-7H3. The minimum absolute atomic E-state index is 0.167. The van der Waals surface area contributed by atoms with E-state index in [1.807, 2.05) is 0 Å². The lowest BCUT2D eigenvalue weighted by molar-refractivity contribution is 0.0797. The molecular weight excluding hydrogens is 252 g/mol. The summed E-state index contributed by atoms with van der Waals surface area (Å²) in [5.74, 6) is 0. The molecule has 0 rings (SSSR count). The Hall–Kier alpha value is -0.160. The Labute approximate surface area is 126 Å². The number of hydrogen-bond donors (Lipinski definition) is 1. The maximum absolute atomic E-state index is 5.22. The molecule has 0 aromatic rings. The fraction of sp³-hybridized carbons (Fsp3) is 1.00. The average molecular weight is 288 g/mol. The summed E-state index contributed by atoms with van der Waals surface area (Å²) in [6, 6.07) is 0. The zero-order chi connectivity index (χ0) is 15.6. The third kappa shape index (κ3) is 9.70. The van der Waals surface area contributed by atoms with Gasteiger partial charge in [0.15, 0.2) is 0 Å². The van der Waals surface area contributed by atoms with Gasteiger partial charge in [-0.2, -0.15) is 0 Å². The number of nitrogens with one attached hydrogen (secondary N) is 1. The van der Waals surface area contributed by atoms with Gasteiger partial charge in [-0.3, -0.25) is 4.90 Å². The normalized spacial score (nSPS) is 15.6. The Morgan fingerprint density at radius 2 is 1.45 bits per heavy atom. The van der Waals surface area contributed by atoms with Gasteiger partial charge in [-0.25, -0.2) is 0 Å². The lowest BCUT2D eigenvalue weighted by atomic mass is 9.85. The number of hydrogen-bond acceptors (Lipinski definition) is 4. The minimum atomic E-state index is 0.167. The summed E-state index contributed by atoms with van der Waals surface area (Å²) < 4.78 is 10.4. The largest absolute Gasteiger partial charge is 0.383 e. The van der Waals surface area contributed by atoms with Gasteiger partial charge in [-0.05, 0) is 32.6 Å². The molecule has 4 heteroatoms. The highest BCUT2D eigenvalue weighted by Gasteiger charge is 2.26. The van der Waals surface area contributed by atoms with Gasteiger partial charge in [-0.1, -0.05) is 13.8 Å². The third-order valence-corrected chi connectivity index (χ3v) is 3.73. The number of methoxy groups -OCH3 is 2. The second kappa shape index (κ2) is 9.72. The molecule has 20 heavy (non-hydrogen) atoms. The average Bonchev–Trinajstić information content (AvgIpc) is 2.39. The van der Waals surface area contributed by atoms with Crippen molar-refractivity contribution in [3.63, 3.8) is 0 Å². The van der Waals surface area contributed by atoms with E-state index >= 15 is 0 Å². The Bertz CT molecular complexity index is 233. The van der Waals surface area contributed by atoms with E-state index < -0.39 is 0 Å². The van der Waals surface area contributed by atoms with Gasteiger partial charge in [0.25, 0.3) is 0 Å². The maximum atomic E-state index is 5.22. The molecule has 0 heterocycles. The van der Waals surface area contributed by atoms with Gasteiger partial charge in [-0.15, -0.1) is 0 Å². The first-order chi connectivity index (χ1) is 9.26. The van der Waals surface area contributed by atoms with Crippen molar-refractivity contribution >= 4 is 0 Å². The van der Waals surface area contributed by atoms with Crippen LogP contribution in [0.2, 0.25) is 0 Å². The molecule has 4 nitrogen and oxygen atoms in total. The lowest BCUT2D eigenvalue weighted by Gasteiger charge is -2.37. The Balaban J connectivity index is 4.48. The number of nitrogens with zero attached hydrogens (tertiary/aromatic N) is 1.